The molecule has 1 N–H and O–H groups in total. The molecule has 0 unspecified atom stereocenters. The second kappa shape index (κ2) is 7.92. The van der Waals surface area contributed by atoms with Gasteiger partial charge in [0, 0.05) is 18.3 Å². The first-order valence-corrected chi connectivity index (χ1v) is 8.86. The number of nitrogens with one attached hydrogen (secondary N) is 1. The molecule has 0 radical (unpaired) electrons. The zero-order valence-corrected chi connectivity index (χ0v) is 15.0. The average molecular weight is 375 g/mol. The molecule has 0 fully saturated rings. The highest BCUT2D eigenvalue weighted by atomic mass is 19.1. The lowest BCUT2D eigenvalue weighted by molar-refractivity contribution is 0.0945. The van der Waals surface area contributed by atoms with Gasteiger partial charge in [0.05, 0.1) is 6.20 Å². The van der Waals surface area contributed by atoms with Crippen LogP contribution in [0.3, 0.4) is 0 Å². The van der Waals surface area contributed by atoms with E-state index in [-0.39, 0.29) is 18.3 Å². The summed E-state index contributed by atoms with van der Waals surface area (Å²) >= 11 is 0. The molecule has 5 nitrogen and oxygen atoms in total. The van der Waals surface area contributed by atoms with Crippen LogP contribution < -0.4 is 10.1 Å². The summed E-state index contributed by atoms with van der Waals surface area (Å²) in [6.07, 6.45) is 3.35. The van der Waals surface area contributed by atoms with E-state index in [1.165, 1.54) is 6.07 Å². The lowest BCUT2D eigenvalue weighted by atomic mass is 10.2. The standard InChI is InChI=1S/C22H18FN3O2/c23-19-9-2-1-7-17(19)15-28-18-8-5-6-16(12-18)13-25-22(27)20-14-24-21-10-3-4-11-26(20)21/h1-12,14H,13,15H2,(H,25,27). The highest BCUT2D eigenvalue weighted by Gasteiger charge is 2.11. The summed E-state index contributed by atoms with van der Waals surface area (Å²) in [5.74, 6) is 0.111. The van der Waals surface area contributed by atoms with E-state index in [4.69, 9.17) is 4.74 Å². The van der Waals surface area contributed by atoms with Gasteiger partial charge in [-0.1, -0.05) is 36.4 Å². The first-order chi connectivity index (χ1) is 13.7. The van der Waals surface area contributed by atoms with Crippen LogP contribution in [0.15, 0.2) is 79.1 Å². The first-order valence-electron chi connectivity index (χ1n) is 8.86. The van der Waals surface area contributed by atoms with Crippen LogP contribution in [0.2, 0.25) is 0 Å². The molecule has 0 aliphatic carbocycles. The summed E-state index contributed by atoms with van der Waals surface area (Å²) in [6.45, 7) is 0.486. The van der Waals surface area contributed by atoms with E-state index < -0.39 is 0 Å². The predicted octanol–water partition coefficient (Wildman–Crippen LogP) is 3.98. The summed E-state index contributed by atoms with van der Waals surface area (Å²) in [4.78, 5) is 16.7. The summed E-state index contributed by atoms with van der Waals surface area (Å²) in [5, 5.41) is 2.89. The molecular formula is C22H18FN3O2. The largest absolute Gasteiger partial charge is 0.489 e. The Morgan fingerprint density at radius 2 is 1.93 bits per heavy atom. The number of rotatable bonds is 6. The third kappa shape index (κ3) is 3.86. The van der Waals surface area contributed by atoms with Gasteiger partial charge in [-0.15, -0.1) is 0 Å². The van der Waals surface area contributed by atoms with Gasteiger partial charge >= 0.3 is 0 Å². The molecule has 4 aromatic rings. The summed E-state index contributed by atoms with van der Waals surface area (Å²) < 4.78 is 21.1. The minimum Gasteiger partial charge on any atom is -0.489 e. The molecule has 0 saturated heterocycles. The van der Waals surface area contributed by atoms with Crippen LogP contribution in [0.25, 0.3) is 5.65 Å². The quantitative estimate of drug-likeness (QED) is 0.555. The topological polar surface area (TPSA) is 55.6 Å². The van der Waals surface area contributed by atoms with Crippen LogP contribution in [-0.2, 0) is 13.2 Å². The summed E-state index contributed by atoms with van der Waals surface area (Å²) in [7, 11) is 0. The molecule has 2 aromatic heterocycles. The van der Waals surface area contributed by atoms with Gasteiger partial charge < -0.3 is 10.1 Å². The number of hydrogen-bond acceptors (Lipinski definition) is 3. The molecular weight excluding hydrogens is 357 g/mol. The van der Waals surface area contributed by atoms with E-state index in [0.717, 1.165) is 11.2 Å². The molecule has 2 aromatic carbocycles. The third-order valence-electron chi connectivity index (χ3n) is 4.35. The van der Waals surface area contributed by atoms with Gasteiger partial charge in [0.15, 0.2) is 0 Å². The van der Waals surface area contributed by atoms with E-state index in [2.05, 4.69) is 10.3 Å². The molecule has 0 aliphatic rings. The lowest BCUT2D eigenvalue weighted by Crippen LogP contribution is -2.24. The Morgan fingerprint density at radius 3 is 2.82 bits per heavy atom. The number of pyridine rings is 1. The van der Waals surface area contributed by atoms with Gasteiger partial charge in [-0.25, -0.2) is 9.37 Å². The number of halogens is 1. The maximum absolute atomic E-state index is 13.7. The third-order valence-corrected chi connectivity index (χ3v) is 4.35. The highest BCUT2D eigenvalue weighted by Crippen LogP contribution is 2.16. The highest BCUT2D eigenvalue weighted by molar-refractivity contribution is 5.93. The van der Waals surface area contributed by atoms with Crippen molar-refractivity contribution in [1.82, 2.24) is 14.7 Å². The Balaban J connectivity index is 1.39. The molecule has 28 heavy (non-hydrogen) atoms. The van der Waals surface area contributed by atoms with Gasteiger partial charge in [0.1, 0.15) is 29.5 Å². The van der Waals surface area contributed by atoms with Gasteiger partial charge in [0.2, 0.25) is 0 Å². The Morgan fingerprint density at radius 1 is 1.07 bits per heavy atom. The number of amides is 1. The Bertz CT molecular complexity index is 1120. The minimum atomic E-state index is -0.293. The van der Waals surface area contributed by atoms with Crippen LogP contribution in [0, 0.1) is 5.82 Å². The van der Waals surface area contributed by atoms with Crippen molar-refractivity contribution in [2.24, 2.45) is 0 Å². The van der Waals surface area contributed by atoms with Crippen molar-refractivity contribution in [3.05, 3.63) is 102 Å². The van der Waals surface area contributed by atoms with Crippen LogP contribution in [0.5, 0.6) is 5.75 Å². The normalized spacial score (nSPS) is 10.8. The summed E-state index contributed by atoms with van der Waals surface area (Å²) in [5.41, 5.74) is 2.57. The lowest BCUT2D eigenvalue weighted by Gasteiger charge is -2.10. The number of fused-ring (bicyclic) bond motifs is 1. The van der Waals surface area contributed by atoms with Crippen molar-refractivity contribution in [3.63, 3.8) is 0 Å². The van der Waals surface area contributed by atoms with Gasteiger partial charge in [0.25, 0.3) is 5.91 Å². The molecule has 140 valence electrons. The Labute approximate surface area is 161 Å². The predicted molar refractivity (Wildman–Crippen MR) is 104 cm³/mol. The zero-order valence-electron chi connectivity index (χ0n) is 15.0. The molecule has 6 heteroatoms. The number of nitrogens with zero attached hydrogens (tertiary/aromatic N) is 2. The maximum atomic E-state index is 13.7. The molecule has 1 amide bonds. The van der Waals surface area contributed by atoms with E-state index in [0.29, 0.717) is 23.6 Å². The van der Waals surface area contributed by atoms with Crippen molar-refractivity contribution in [3.8, 4) is 5.75 Å². The minimum absolute atomic E-state index is 0.143. The number of ether oxygens (including phenoxy) is 1. The number of benzene rings is 2. The van der Waals surface area contributed by atoms with Crippen LogP contribution in [-0.4, -0.2) is 15.3 Å². The average Bonchev–Trinajstić information content (AvgIpc) is 3.16. The van der Waals surface area contributed by atoms with E-state index in [9.17, 15) is 9.18 Å². The fourth-order valence-corrected chi connectivity index (χ4v) is 2.90. The van der Waals surface area contributed by atoms with Crippen molar-refractivity contribution in [1.29, 1.82) is 0 Å². The molecule has 2 heterocycles. The second-order valence-corrected chi connectivity index (χ2v) is 6.28. The number of carbonyl (C=O) groups excluding carboxylic acids is 1. The first kappa shape index (κ1) is 17.7. The number of imidazole rings is 1. The maximum Gasteiger partial charge on any atom is 0.270 e. The van der Waals surface area contributed by atoms with Crippen LogP contribution in [0.1, 0.15) is 21.6 Å². The number of hydrogen-bond donors (Lipinski definition) is 1. The number of carbonyl (C=O) groups is 1. The van der Waals surface area contributed by atoms with Crippen LogP contribution >= 0.6 is 0 Å². The van der Waals surface area contributed by atoms with E-state index >= 15 is 0 Å². The molecule has 0 saturated carbocycles. The molecule has 0 bridgehead atoms. The van der Waals surface area contributed by atoms with E-state index in [1.54, 1.807) is 41.1 Å². The van der Waals surface area contributed by atoms with Crippen LogP contribution in [0.4, 0.5) is 4.39 Å². The summed E-state index contributed by atoms with van der Waals surface area (Å²) in [6, 6.07) is 19.4. The van der Waals surface area contributed by atoms with Gasteiger partial charge in [-0.3, -0.25) is 9.20 Å². The fourth-order valence-electron chi connectivity index (χ4n) is 2.90. The Hall–Kier alpha value is -3.67. The van der Waals surface area contributed by atoms with Crippen molar-refractivity contribution in [2.75, 3.05) is 0 Å². The molecule has 0 atom stereocenters. The fraction of sp³-hybridized carbons (Fsp3) is 0.0909. The molecule has 0 spiro atoms. The van der Waals surface area contributed by atoms with Gasteiger partial charge in [-0.2, -0.15) is 0 Å². The zero-order chi connectivity index (χ0) is 19.3. The van der Waals surface area contributed by atoms with Gasteiger partial charge in [-0.05, 0) is 35.9 Å². The Kier molecular flexibility index (Phi) is 5.01. The molecule has 4 rings (SSSR count). The smallest absolute Gasteiger partial charge is 0.270 e. The SMILES string of the molecule is O=C(NCc1cccc(OCc2ccccc2F)c1)c1cnc2ccccn12. The molecule has 0 aliphatic heterocycles. The number of aromatic nitrogens is 2. The van der Waals surface area contributed by atoms with E-state index in [1.807, 2.05) is 36.4 Å². The van der Waals surface area contributed by atoms with Crippen molar-refractivity contribution < 1.29 is 13.9 Å². The monoisotopic (exact) mass is 375 g/mol. The second-order valence-electron chi connectivity index (χ2n) is 6.28. The van der Waals surface area contributed by atoms with Crippen molar-refractivity contribution in [2.45, 2.75) is 13.2 Å². The van der Waals surface area contributed by atoms with Crippen molar-refractivity contribution >= 4 is 11.6 Å².